The largest absolute Gasteiger partial charge is 0.507 e. The number of hydrogen-bond acceptors (Lipinski definition) is 3. The first-order chi connectivity index (χ1) is 7.59. The Morgan fingerprint density at radius 2 is 2.00 bits per heavy atom. The molecule has 0 saturated carbocycles. The van der Waals surface area contributed by atoms with Crippen LogP contribution < -0.4 is 0 Å². The number of nitrogens with zero attached hydrogens (tertiary/aromatic N) is 1. The van der Waals surface area contributed by atoms with E-state index in [2.05, 4.69) is 15.9 Å². The minimum atomic E-state index is -0.322. The fourth-order valence-electron chi connectivity index (χ4n) is 1.81. The molecule has 1 aromatic rings. The van der Waals surface area contributed by atoms with E-state index in [-0.39, 0.29) is 23.0 Å². The van der Waals surface area contributed by atoms with Crippen LogP contribution in [-0.4, -0.2) is 38.9 Å². The number of rotatable bonds is 1. The Kier molecular flexibility index (Phi) is 3.05. The lowest BCUT2D eigenvalue weighted by molar-refractivity contribution is 0.0787. The Labute approximate surface area is 102 Å². The Bertz CT molecular complexity index is 401. The number of hydrogen-bond donors (Lipinski definition) is 2. The summed E-state index contributed by atoms with van der Waals surface area (Å²) in [4.78, 5) is 13.9. The molecule has 1 saturated heterocycles. The minimum absolute atomic E-state index is 0.0101. The molecule has 1 aliphatic heterocycles. The van der Waals surface area contributed by atoms with Gasteiger partial charge in [0.25, 0.3) is 5.91 Å². The number of carbonyl (C=O) groups excluding carboxylic acids is 1. The summed E-state index contributed by atoms with van der Waals surface area (Å²) in [5.74, 6) is -0.677. The number of halogens is 1. The normalized spacial score (nSPS) is 20.1. The van der Waals surface area contributed by atoms with Gasteiger partial charge in [0, 0.05) is 17.9 Å². The van der Waals surface area contributed by atoms with Gasteiger partial charge >= 0.3 is 0 Å². The maximum atomic E-state index is 12.0. The van der Waals surface area contributed by atoms with Crippen LogP contribution in [0.5, 0.6) is 11.5 Å². The molecule has 16 heavy (non-hydrogen) atoms. The maximum absolute atomic E-state index is 12.0. The molecular formula is C11H12BrNO3. The van der Waals surface area contributed by atoms with Crippen molar-refractivity contribution >= 4 is 21.8 Å². The van der Waals surface area contributed by atoms with E-state index >= 15 is 0 Å². The Balaban J connectivity index is 2.27. The topological polar surface area (TPSA) is 60.8 Å². The van der Waals surface area contributed by atoms with E-state index in [0.717, 1.165) is 6.42 Å². The van der Waals surface area contributed by atoms with Gasteiger partial charge in [-0.05, 0) is 18.6 Å². The molecule has 1 atom stereocenters. The first-order valence-corrected chi connectivity index (χ1v) is 5.95. The summed E-state index contributed by atoms with van der Waals surface area (Å²) in [6.07, 6.45) is 0.889. The van der Waals surface area contributed by atoms with Crippen molar-refractivity contribution in [2.24, 2.45) is 0 Å². The highest BCUT2D eigenvalue weighted by Gasteiger charge is 2.28. The van der Waals surface area contributed by atoms with Gasteiger partial charge in [-0.1, -0.05) is 22.0 Å². The highest BCUT2D eigenvalue weighted by molar-refractivity contribution is 9.09. The van der Waals surface area contributed by atoms with Crippen molar-refractivity contribution in [3.63, 3.8) is 0 Å². The number of phenolic OH excluding ortho intramolecular Hbond substituents is 2. The quantitative estimate of drug-likeness (QED) is 0.773. The molecule has 4 nitrogen and oxygen atoms in total. The van der Waals surface area contributed by atoms with E-state index in [1.54, 1.807) is 4.90 Å². The lowest BCUT2D eigenvalue weighted by Crippen LogP contribution is -2.28. The third kappa shape index (κ3) is 2.00. The molecule has 0 radical (unpaired) electrons. The molecule has 2 rings (SSSR count). The smallest absolute Gasteiger partial charge is 0.261 e. The Morgan fingerprint density at radius 3 is 2.50 bits per heavy atom. The third-order valence-electron chi connectivity index (χ3n) is 2.65. The van der Waals surface area contributed by atoms with Crippen molar-refractivity contribution in [2.75, 3.05) is 13.1 Å². The van der Waals surface area contributed by atoms with Crippen molar-refractivity contribution in [3.05, 3.63) is 23.8 Å². The van der Waals surface area contributed by atoms with E-state index in [1.807, 2.05) is 0 Å². The third-order valence-corrected chi connectivity index (χ3v) is 3.40. The van der Waals surface area contributed by atoms with Crippen molar-refractivity contribution in [3.8, 4) is 11.5 Å². The van der Waals surface area contributed by atoms with Crippen molar-refractivity contribution in [2.45, 2.75) is 11.2 Å². The molecule has 0 aromatic heterocycles. The average Bonchev–Trinajstić information content (AvgIpc) is 2.64. The number of aromatic hydroxyl groups is 2. The molecule has 1 fully saturated rings. The number of carbonyl (C=O) groups is 1. The first kappa shape index (κ1) is 11.3. The van der Waals surface area contributed by atoms with Gasteiger partial charge in [0.05, 0.1) is 0 Å². The summed E-state index contributed by atoms with van der Waals surface area (Å²) in [6, 6.07) is 4.29. The van der Waals surface area contributed by atoms with E-state index in [4.69, 9.17) is 0 Å². The fraction of sp³-hybridized carbons (Fsp3) is 0.364. The van der Waals surface area contributed by atoms with E-state index < -0.39 is 0 Å². The van der Waals surface area contributed by atoms with Crippen molar-refractivity contribution in [1.29, 1.82) is 0 Å². The summed E-state index contributed by atoms with van der Waals surface area (Å²) < 4.78 is 0. The highest BCUT2D eigenvalue weighted by atomic mass is 79.9. The molecule has 86 valence electrons. The molecule has 1 heterocycles. The summed E-state index contributed by atoms with van der Waals surface area (Å²) >= 11 is 3.44. The standard InChI is InChI=1S/C11H12BrNO3/c12-7-4-5-13(6-7)11(16)10-8(14)2-1-3-9(10)15/h1-3,7,14-15H,4-6H2. The van der Waals surface area contributed by atoms with Crippen molar-refractivity contribution < 1.29 is 15.0 Å². The highest BCUT2D eigenvalue weighted by Crippen LogP contribution is 2.29. The summed E-state index contributed by atoms with van der Waals surface area (Å²) in [6.45, 7) is 1.25. The van der Waals surface area contributed by atoms with Gasteiger partial charge in [-0.2, -0.15) is 0 Å². The van der Waals surface area contributed by atoms with E-state index in [0.29, 0.717) is 17.9 Å². The van der Waals surface area contributed by atoms with Crippen LogP contribution in [0.4, 0.5) is 0 Å². The van der Waals surface area contributed by atoms with Crippen LogP contribution in [0.3, 0.4) is 0 Å². The van der Waals surface area contributed by atoms with Gasteiger partial charge in [-0.15, -0.1) is 0 Å². The lowest BCUT2D eigenvalue weighted by Gasteiger charge is -2.16. The maximum Gasteiger partial charge on any atom is 0.261 e. The molecular weight excluding hydrogens is 274 g/mol. The van der Waals surface area contributed by atoms with Crippen LogP contribution in [0.25, 0.3) is 0 Å². The van der Waals surface area contributed by atoms with E-state index in [1.165, 1.54) is 18.2 Å². The molecule has 0 bridgehead atoms. The molecule has 1 amide bonds. The molecule has 0 aliphatic carbocycles. The minimum Gasteiger partial charge on any atom is -0.507 e. The zero-order chi connectivity index (χ0) is 11.7. The van der Waals surface area contributed by atoms with Gasteiger partial charge in [-0.25, -0.2) is 0 Å². The second-order valence-electron chi connectivity index (χ2n) is 3.81. The SMILES string of the molecule is O=C(c1c(O)cccc1O)N1CCC(Br)C1. The van der Waals surface area contributed by atoms with Crippen molar-refractivity contribution in [1.82, 2.24) is 4.90 Å². The van der Waals surface area contributed by atoms with Crippen LogP contribution in [0, 0.1) is 0 Å². The first-order valence-electron chi connectivity index (χ1n) is 5.04. The average molecular weight is 286 g/mol. The summed E-state index contributed by atoms with van der Waals surface area (Å²) in [5.41, 5.74) is -0.0101. The number of phenols is 2. The van der Waals surface area contributed by atoms with Gasteiger partial charge < -0.3 is 15.1 Å². The van der Waals surface area contributed by atoms with Crippen LogP contribution in [0.2, 0.25) is 0 Å². The molecule has 5 heteroatoms. The van der Waals surface area contributed by atoms with Crippen LogP contribution in [0.1, 0.15) is 16.8 Å². The van der Waals surface area contributed by atoms with Crippen LogP contribution in [-0.2, 0) is 0 Å². The van der Waals surface area contributed by atoms with Gasteiger partial charge in [0.1, 0.15) is 17.1 Å². The lowest BCUT2D eigenvalue weighted by atomic mass is 10.1. The number of benzene rings is 1. The molecule has 1 aromatic carbocycles. The van der Waals surface area contributed by atoms with Crippen LogP contribution in [0.15, 0.2) is 18.2 Å². The van der Waals surface area contributed by atoms with E-state index in [9.17, 15) is 15.0 Å². The number of likely N-dealkylation sites (tertiary alicyclic amines) is 1. The number of alkyl halides is 1. The number of amides is 1. The summed E-state index contributed by atoms with van der Waals surface area (Å²) in [7, 11) is 0. The van der Waals surface area contributed by atoms with Gasteiger partial charge in [-0.3, -0.25) is 4.79 Å². The Morgan fingerprint density at radius 1 is 1.38 bits per heavy atom. The van der Waals surface area contributed by atoms with Gasteiger partial charge in [0.2, 0.25) is 0 Å². The monoisotopic (exact) mass is 285 g/mol. The zero-order valence-corrected chi connectivity index (χ0v) is 10.1. The Hall–Kier alpha value is -1.23. The molecule has 2 N–H and O–H groups in total. The predicted octanol–water partition coefficient (Wildman–Crippen LogP) is 1.71. The van der Waals surface area contributed by atoms with Crippen LogP contribution >= 0.6 is 15.9 Å². The fourth-order valence-corrected chi connectivity index (χ4v) is 2.36. The molecule has 1 aliphatic rings. The second-order valence-corrected chi connectivity index (χ2v) is 5.10. The predicted molar refractivity (Wildman–Crippen MR) is 63.0 cm³/mol. The summed E-state index contributed by atoms with van der Waals surface area (Å²) in [5, 5.41) is 19.1. The molecule has 0 spiro atoms. The molecule has 1 unspecified atom stereocenters. The zero-order valence-electron chi connectivity index (χ0n) is 8.56. The second kappa shape index (κ2) is 4.33. The van der Waals surface area contributed by atoms with Gasteiger partial charge in [0.15, 0.2) is 0 Å².